The third-order valence-corrected chi connectivity index (χ3v) is 6.51. The van der Waals surface area contributed by atoms with Crippen LogP contribution in [-0.4, -0.2) is 89.3 Å². The molecule has 0 unspecified atom stereocenters. The number of piperidine rings is 1. The number of carbonyl (C=O) groups excluding carboxylic acids is 4. The highest BCUT2D eigenvalue weighted by molar-refractivity contribution is 6.30. The summed E-state index contributed by atoms with van der Waals surface area (Å²) in [6.07, 6.45) is 4.23. The Labute approximate surface area is 220 Å². The Kier molecular flexibility index (Phi) is 10.1. The molecular formula is C24H34ClN7O5. The zero-order chi connectivity index (χ0) is 26.9. The van der Waals surface area contributed by atoms with Crippen LogP contribution in [0.25, 0.3) is 0 Å². The first kappa shape index (κ1) is 28.2. The number of hydrogen-bond acceptors (Lipinski definition) is 7. The second-order valence-electron chi connectivity index (χ2n) is 9.24. The maximum atomic E-state index is 13.5. The quantitative estimate of drug-likeness (QED) is 0.180. The minimum absolute atomic E-state index is 0.000558. The van der Waals surface area contributed by atoms with E-state index >= 15 is 0 Å². The number of halogens is 1. The van der Waals surface area contributed by atoms with Gasteiger partial charge in [-0.25, -0.2) is 0 Å². The first-order valence-corrected chi connectivity index (χ1v) is 12.8. The number of nitrogens with one attached hydrogen (secondary N) is 3. The van der Waals surface area contributed by atoms with E-state index in [0.29, 0.717) is 24.7 Å². The zero-order valence-electron chi connectivity index (χ0n) is 20.9. The number of hydrogen-bond donors (Lipinski definition) is 4. The lowest BCUT2D eigenvalue weighted by Gasteiger charge is -2.33. The van der Waals surface area contributed by atoms with Gasteiger partial charge in [-0.05, 0) is 50.7 Å². The molecule has 0 spiro atoms. The first-order chi connectivity index (χ1) is 17.7. The molecule has 2 fully saturated rings. The van der Waals surface area contributed by atoms with E-state index in [1.165, 1.54) is 23.2 Å². The Hall–Kier alpha value is -3.41. The summed E-state index contributed by atoms with van der Waals surface area (Å²) in [5.74, 6) is -2.08. The molecule has 1 aromatic heterocycles. The molecule has 37 heavy (non-hydrogen) atoms. The third kappa shape index (κ3) is 8.59. The largest absolute Gasteiger partial charge is 0.465 e. The van der Waals surface area contributed by atoms with E-state index < -0.39 is 29.7 Å². The molecule has 5 N–H and O–H groups in total. The van der Waals surface area contributed by atoms with Crippen LogP contribution in [0.5, 0.6) is 0 Å². The summed E-state index contributed by atoms with van der Waals surface area (Å²) in [5, 5.41) is 13.4. The molecule has 3 amide bonds. The number of carbonyl (C=O) groups is 4. The molecule has 2 aliphatic rings. The molecule has 0 aromatic carbocycles. The van der Waals surface area contributed by atoms with Crippen molar-refractivity contribution < 1.29 is 23.9 Å². The molecule has 3 rings (SSSR count). The number of pyridine rings is 1. The number of amides is 3. The van der Waals surface area contributed by atoms with Gasteiger partial charge in [0.05, 0.1) is 13.0 Å². The van der Waals surface area contributed by atoms with Gasteiger partial charge in [0.1, 0.15) is 18.3 Å². The standard InChI is InChI=1S/C24H34ClN7O5/c1-2-37-21(34)14-32(17-5-6-17)23(36)19(30-22(35)18-10-16(25)7-8-28-18)11-20(33)29-12-15-4-3-9-31(13-15)24(26)27/h7-8,10,15,17,19H,2-6,9,11-14H2,1H3,(H3,26,27)(H,29,33)(H,30,35)/t15-,19-/m0/s1. The molecule has 1 saturated heterocycles. The van der Waals surface area contributed by atoms with Gasteiger partial charge in [0, 0.05) is 36.9 Å². The second-order valence-corrected chi connectivity index (χ2v) is 9.67. The molecule has 12 nitrogen and oxygen atoms in total. The monoisotopic (exact) mass is 535 g/mol. The summed E-state index contributed by atoms with van der Waals surface area (Å²) in [6.45, 7) is 3.21. The van der Waals surface area contributed by atoms with Crippen LogP contribution in [0.2, 0.25) is 5.02 Å². The van der Waals surface area contributed by atoms with Gasteiger partial charge in [-0.3, -0.25) is 29.6 Å². The van der Waals surface area contributed by atoms with Gasteiger partial charge in [-0.1, -0.05) is 11.6 Å². The topological polar surface area (TPSA) is 171 Å². The third-order valence-electron chi connectivity index (χ3n) is 6.27. The van der Waals surface area contributed by atoms with Gasteiger partial charge in [0.25, 0.3) is 5.91 Å². The van der Waals surface area contributed by atoms with Crippen molar-refractivity contribution in [1.29, 1.82) is 5.41 Å². The lowest BCUT2D eigenvalue weighted by Crippen LogP contribution is -2.53. The van der Waals surface area contributed by atoms with Crippen LogP contribution < -0.4 is 16.4 Å². The fraction of sp³-hybridized carbons (Fsp3) is 0.583. The molecule has 2 atom stereocenters. The Bertz CT molecular complexity index is 1020. The van der Waals surface area contributed by atoms with Gasteiger partial charge in [0.2, 0.25) is 11.8 Å². The van der Waals surface area contributed by atoms with E-state index in [2.05, 4.69) is 15.6 Å². The minimum Gasteiger partial charge on any atom is -0.465 e. The number of likely N-dealkylation sites (tertiary alicyclic amines) is 1. The molecular weight excluding hydrogens is 502 g/mol. The normalized spacial score (nSPS) is 17.9. The smallest absolute Gasteiger partial charge is 0.325 e. The molecule has 1 aliphatic heterocycles. The zero-order valence-corrected chi connectivity index (χ0v) is 21.6. The summed E-state index contributed by atoms with van der Waals surface area (Å²) in [5.41, 5.74) is 5.59. The van der Waals surface area contributed by atoms with Crippen molar-refractivity contribution in [1.82, 2.24) is 25.4 Å². The highest BCUT2D eigenvalue weighted by Crippen LogP contribution is 2.27. The molecule has 1 saturated carbocycles. The predicted octanol–water partition coefficient (Wildman–Crippen LogP) is 0.499. The maximum Gasteiger partial charge on any atom is 0.325 e. The molecule has 202 valence electrons. The number of esters is 1. The van der Waals surface area contributed by atoms with Crippen LogP contribution in [0.3, 0.4) is 0 Å². The van der Waals surface area contributed by atoms with Gasteiger partial charge >= 0.3 is 5.97 Å². The first-order valence-electron chi connectivity index (χ1n) is 12.4. The predicted molar refractivity (Wildman–Crippen MR) is 136 cm³/mol. The van der Waals surface area contributed by atoms with Crippen molar-refractivity contribution in [2.24, 2.45) is 11.7 Å². The highest BCUT2D eigenvalue weighted by atomic mass is 35.5. The van der Waals surface area contributed by atoms with Crippen LogP contribution in [0, 0.1) is 11.3 Å². The van der Waals surface area contributed by atoms with Crippen molar-refractivity contribution in [3.63, 3.8) is 0 Å². The number of ether oxygens (including phenoxy) is 1. The van der Waals surface area contributed by atoms with Crippen LogP contribution in [0.15, 0.2) is 18.3 Å². The number of rotatable bonds is 11. The highest BCUT2D eigenvalue weighted by Gasteiger charge is 2.38. The average molecular weight is 536 g/mol. The van der Waals surface area contributed by atoms with E-state index in [1.807, 2.05) is 0 Å². The summed E-state index contributed by atoms with van der Waals surface area (Å²) in [4.78, 5) is 58.5. The van der Waals surface area contributed by atoms with Gasteiger partial charge in [-0.2, -0.15) is 0 Å². The van der Waals surface area contributed by atoms with Crippen LogP contribution in [0.1, 0.15) is 49.5 Å². The SMILES string of the molecule is CCOC(=O)CN(C(=O)[C@H](CC(=O)NC[C@@H]1CCCN(C(=N)N)C1)NC(=O)c1cc(Cl)ccn1)C1CC1. The fourth-order valence-electron chi connectivity index (χ4n) is 4.25. The van der Waals surface area contributed by atoms with Crippen LogP contribution >= 0.6 is 11.6 Å². The summed E-state index contributed by atoms with van der Waals surface area (Å²) < 4.78 is 5.00. The van der Waals surface area contributed by atoms with Crippen molar-refractivity contribution in [3.05, 3.63) is 29.0 Å². The lowest BCUT2D eigenvalue weighted by molar-refractivity contribution is -0.150. The molecule has 0 bridgehead atoms. The maximum absolute atomic E-state index is 13.5. The van der Waals surface area contributed by atoms with Crippen LogP contribution in [-0.2, 0) is 19.1 Å². The average Bonchev–Trinajstić information content (AvgIpc) is 3.71. The molecule has 13 heteroatoms. The molecule has 0 radical (unpaired) electrons. The minimum atomic E-state index is -1.22. The number of nitrogens with two attached hydrogens (primary N) is 1. The Morgan fingerprint density at radius 3 is 2.73 bits per heavy atom. The van der Waals surface area contributed by atoms with E-state index in [0.717, 1.165) is 25.7 Å². The lowest BCUT2D eigenvalue weighted by atomic mass is 9.98. The van der Waals surface area contributed by atoms with E-state index in [1.54, 1.807) is 11.8 Å². The van der Waals surface area contributed by atoms with Crippen molar-refractivity contribution in [2.75, 3.05) is 32.8 Å². The van der Waals surface area contributed by atoms with Crippen LogP contribution in [0.4, 0.5) is 0 Å². The molecule has 1 aromatic rings. The summed E-state index contributed by atoms with van der Waals surface area (Å²) in [6, 6.07) is 1.51. The Balaban J connectivity index is 1.69. The number of guanidine groups is 1. The van der Waals surface area contributed by atoms with Crippen molar-refractivity contribution in [2.45, 2.75) is 51.1 Å². The van der Waals surface area contributed by atoms with Gasteiger partial charge in [0.15, 0.2) is 5.96 Å². The molecule has 2 heterocycles. The van der Waals surface area contributed by atoms with Gasteiger partial charge < -0.3 is 30.9 Å². The Morgan fingerprint density at radius 1 is 1.32 bits per heavy atom. The van der Waals surface area contributed by atoms with Gasteiger partial charge in [-0.15, -0.1) is 0 Å². The fourth-order valence-corrected chi connectivity index (χ4v) is 4.41. The molecule has 1 aliphatic carbocycles. The number of nitrogens with zero attached hydrogens (tertiary/aromatic N) is 3. The van der Waals surface area contributed by atoms with Crippen molar-refractivity contribution in [3.8, 4) is 0 Å². The Morgan fingerprint density at radius 2 is 2.08 bits per heavy atom. The summed E-state index contributed by atoms with van der Waals surface area (Å²) in [7, 11) is 0. The number of aromatic nitrogens is 1. The van der Waals surface area contributed by atoms with E-state index in [9.17, 15) is 19.2 Å². The van der Waals surface area contributed by atoms with E-state index in [4.69, 9.17) is 27.5 Å². The summed E-state index contributed by atoms with van der Waals surface area (Å²) >= 11 is 5.97. The van der Waals surface area contributed by atoms with Crippen molar-refractivity contribution >= 4 is 41.3 Å². The second kappa shape index (κ2) is 13.2. The van der Waals surface area contributed by atoms with E-state index in [-0.39, 0.29) is 43.2 Å².